The number of nitrogens with one attached hydrogen (secondary N) is 1. The molecule has 1 heterocycles. The van der Waals surface area contributed by atoms with Crippen molar-refractivity contribution in [2.24, 2.45) is 0 Å². The molecular weight excluding hydrogens is 228 g/mol. The predicted octanol–water partition coefficient (Wildman–Crippen LogP) is -0.579. The lowest BCUT2D eigenvalue weighted by Gasteiger charge is -2.12. The van der Waals surface area contributed by atoms with E-state index >= 15 is 0 Å². The highest BCUT2D eigenvalue weighted by molar-refractivity contribution is 7.91. The lowest BCUT2D eigenvalue weighted by atomic mass is 10.2. The molecule has 0 aromatic rings. The third kappa shape index (κ3) is 2.86. The van der Waals surface area contributed by atoms with E-state index in [9.17, 15) is 13.2 Å². The molecule has 1 aliphatic heterocycles. The van der Waals surface area contributed by atoms with Gasteiger partial charge in [-0.1, -0.05) is 0 Å². The van der Waals surface area contributed by atoms with E-state index in [0.717, 1.165) is 0 Å². The molecule has 0 bridgehead atoms. The minimum absolute atomic E-state index is 0.119. The van der Waals surface area contributed by atoms with Gasteiger partial charge < -0.3 is 5.32 Å². The molecule has 0 unspecified atom stereocenters. The molecule has 0 saturated carbocycles. The van der Waals surface area contributed by atoms with Gasteiger partial charge in [0.1, 0.15) is 6.42 Å². The third-order valence-electron chi connectivity index (χ3n) is 1.87. The molecule has 0 aromatic heterocycles. The van der Waals surface area contributed by atoms with Crippen LogP contribution in [-0.4, -0.2) is 37.2 Å². The zero-order chi connectivity index (χ0) is 10.8. The Morgan fingerprint density at radius 1 is 1.57 bits per heavy atom. The average molecular weight is 237 g/mol. The Kier molecular flexibility index (Phi) is 3.34. The van der Waals surface area contributed by atoms with Crippen molar-refractivity contribution < 1.29 is 13.2 Å². The number of halogens is 1. The van der Waals surface area contributed by atoms with Crippen molar-refractivity contribution in [3.05, 3.63) is 0 Å². The highest BCUT2D eigenvalue weighted by Crippen LogP contribution is 2.17. The van der Waals surface area contributed by atoms with E-state index in [1.165, 1.54) is 0 Å². The first-order chi connectivity index (χ1) is 6.44. The maximum Gasteiger partial charge on any atom is 0.234 e. The van der Waals surface area contributed by atoms with E-state index < -0.39 is 27.2 Å². The zero-order valence-corrected chi connectivity index (χ0v) is 8.81. The fraction of sp³-hybridized carbons (Fsp3) is 0.714. The van der Waals surface area contributed by atoms with E-state index in [-0.39, 0.29) is 17.9 Å². The Balaban J connectivity index is 2.56. The van der Waals surface area contributed by atoms with Crippen LogP contribution >= 0.6 is 11.6 Å². The van der Waals surface area contributed by atoms with E-state index in [0.29, 0.717) is 0 Å². The van der Waals surface area contributed by atoms with Crippen molar-refractivity contribution in [2.75, 3.05) is 11.5 Å². The molecule has 1 N–H and O–H groups in total. The number of amides is 1. The van der Waals surface area contributed by atoms with Crippen LogP contribution in [-0.2, 0) is 14.6 Å². The van der Waals surface area contributed by atoms with Crippen molar-refractivity contribution >= 4 is 27.3 Å². The van der Waals surface area contributed by atoms with Crippen LogP contribution < -0.4 is 5.32 Å². The SMILES string of the molecule is N#CCC(=O)N[C@H]1CS(=O)(=O)C[C@H]1Cl. The minimum atomic E-state index is -3.13. The first kappa shape index (κ1) is 11.3. The summed E-state index contributed by atoms with van der Waals surface area (Å²) < 4.78 is 22.2. The Morgan fingerprint density at radius 3 is 2.64 bits per heavy atom. The van der Waals surface area contributed by atoms with Crippen molar-refractivity contribution in [1.29, 1.82) is 5.26 Å². The molecular formula is C7H9ClN2O3S. The molecule has 0 aliphatic carbocycles. The van der Waals surface area contributed by atoms with Crippen molar-refractivity contribution in [2.45, 2.75) is 17.8 Å². The number of carbonyl (C=O) groups is 1. The standard InChI is InChI=1S/C7H9ClN2O3S/c8-5-3-14(12,13)4-6(5)10-7(11)1-2-9/h5-6H,1,3-4H2,(H,10,11)/t5-,6+/m1/s1. The molecule has 1 aliphatic rings. The number of nitriles is 1. The molecule has 14 heavy (non-hydrogen) atoms. The Labute approximate surface area is 87.0 Å². The monoisotopic (exact) mass is 236 g/mol. The average Bonchev–Trinajstić information content (AvgIpc) is 2.25. The Bertz CT molecular complexity index is 373. The van der Waals surface area contributed by atoms with Gasteiger partial charge in [0.15, 0.2) is 9.84 Å². The van der Waals surface area contributed by atoms with Crippen LogP contribution in [0.4, 0.5) is 0 Å². The summed E-state index contributed by atoms with van der Waals surface area (Å²) in [5.41, 5.74) is 0. The number of sulfone groups is 1. The molecule has 78 valence electrons. The van der Waals surface area contributed by atoms with Gasteiger partial charge in [-0.2, -0.15) is 5.26 Å². The van der Waals surface area contributed by atoms with Crippen LogP contribution in [0.1, 0.15) is 6.42 Å². The zero-order valence-electron chi connectivity index (χ0n) is 7.23. The smallest absolute Gasteiger partial charge is 0.234 e. The quantitative estimate of drug-likeness (QED) is 0.650. The Hall–Kier alpha value is -0.800. The third-order valence-corrected chi connectivity index (χ3v) is 4.24. The van der Waals surface area contributed by atoms with E-state index in [4.69, 9.17) is 16.9 Å². The summed E-state index contributed by atoms with van der Waals surface area (Å²) in [5.74, 6) is -0.745. The fourth-order valence-corrected chi connectivity index (χ4v) is 3.82. The normalized spacial score (nSPS) is 29.4. The van der Waals surface area contributed by atoms with Gasteiger partial charge in [-0.15, -0.1) is 11.6 Å². The van der Waals surface area contributed by atoms with Crippen LogP contribution in [0.25, 0.3) is 0 Å². The van der Waals surface area contributed by atoms with E-state index in [1.807, 2.05) is 0 Å². The lowest BCUT2D eigenvalue weighted by molar-refractivity contribution is -0.120. The second-order valence-electron chi connectivity index (χ2n) is 3.10. The Morgan fingerprint density at radius 2 is 2.21 bits per heavy atom. The summed E-state index contributed by atoms with van der Waals surface area (Å²) in [7, 11) is -3.13. The van der Waals surface area contributed by atoms with Gasteiger partial charge in [0.05, 0.1) is 29.0 Å². The highest BCUT2D eigenvalue weighted by Gasteiger charge is 2.37. The second kappa shape index (κ2) is 4.15. The van der Waals surface area contributed by atoms with E-state index in [1.54, 1.807) is 6.07 Å². The number of alkyl halides is 1. The largest absolute Gasteiger partial charge is 0.350 e. The molecule has 0 radical (unpaired) electrons. The maximum absolute atomic E-state index is 11.1. The second-order valence-corrected chi connectivity index (χ2v) is 5.82. The van der Waals surface area contributed by atoms with Gasteiger partial charge in [-0.3, -0.25) is 4.79 Å². The summed E-state index contributed by atoms with van der Waals surface area (Å²) >= 11 is 5.73. The number of nitrogens with zero attached hydrogens (tertiary/aromatic N) is 1. The van der Waals surface area contributed by atoms with Gasteiger partial charge in [0, 0.05) is 0 Å². The molecule has 1 saturated heterocycles. The van der Waals surface area contributed by atoms with Crippen molar-refractivity contribution in [3.8, 4) is 6.07 Å². The summed E-state index contributed by atoms with van der Waals surface area (Å²) in [4.78, 5) is 11.0. The first-order valence-electron chi connectivity index (χ1n) is 3.95. The highest BCUT2D eigenvalue weighted by atomic mass is 35.5. The van der Waals surface area contributed by atoms with Crippen LogP contribution in [0, 0.1) is 11.3 Å². The van der Waals surface area contributed by atoms with Crippen LogP contribution in [0.5, 0.6) is 0 Å². The topological polar surface area (TPSA) is 87.0 Å². The fourth-order valence-electron chi connectivity index (χ4n) is 1.27. The number of hydrogen-bond acceptors (Lipinski definition) is 4. The van der Waals surface area contributed by atoms with Gasteiger partial charge in [-0.25, -0.2) is 8.42 Å². The van der Waals surface area contributed by atoms with Crippen molar-refractivity contribution in [3.63, 3.8) is 0 Å². The van der Waals surface area contributed by atoms with Gasteiger partial charge in [-0.05, 0) is 0 Å². The maximum atomic E-state index is 11.1. The van der Waals surface area contributed by atoms with Crippen molar-refractivity contribution in [1.82, 2.24) is 5.32 Å². The summed E-state index contributed by atoms with van der Waals surface area (Å²) in [6.45, 7) is 0. The molecule has 5 nitrogen and oxygen atoms in total. The molecule has 1 amide bonds. The molecule has 7 heteroatoms. The number of hydrogen-bond donors (Lipinski definition) is 1. The van der Waals surface area contributed by atoms with Crippen LogP contribution in [0.3, 0.4) is 0 Å². The molecule has 0 spiro atoms. The minimum Gasteiger partial charge on any atom is -0.350 e. The molecule has 1 fully saturated rings. The van der Waals surface area contributed by atoms with Gasteiger partial charge >= 0.3 is 0 Å². The molecule has 2 atom stereocenters. The summed E-state index contributed by atoms with van der Waals surface area (Å²) in [6.07, 6.45) is -0.278. The van der Waals surface area contributed by atoms with Gasteiger partial charge in [0.25, 0.3) is 0 Å². The summed E-state index contributed by atoms with van der Waals surface area (Å²) in [6, 6.07) is 1.11. The van der Waals surface area contributed by atoms with E-state index in [2.05, 4.69) is 5.32 Å². The molecule has 1 rings (SSSR count). The first-order valence-corrected chi connectivity index (χ1v) is 6.21. The lowest BCUT2D eigenvalue weighted by Crippen LogP contribution is -2.40. The predicted molar refractivity (Wildman–Crippen MR) is 50.5 cm³/mol. The van der Waals surface area contributed by atoms with Crippen LogP contribution in [0.15, 0.2) is 0 Å². The van der Waals surface area contributed by atoms with Gasteiger partial charge in [0.2, 0.25) is 5.91 Å². The molecule has 0 aromatic carbocycles. The summed E-state index contributed by atoms with van der Waals surface area (Å²) in [5, 5.41) is 10.0. The van der Waals surface area contributed by atoms with Crippen LogP contribution in [0.2, 0.25) is 0 Å². The number of carbonyl (C=O) groups excluding carboxylic acids is 1. The number of rotatable bonds is 2.